The van der Waals surface area contributed by atoms with Crippen LogP contribution in [0.4, 0.5) is 13.2 Å². The van der Waals surface area contributed by atoms with E-state index in [9.17, 15) is 13.2 Å². The van der Waals surface area contributed by atoms with E-state index in [0.717, 1.165) is 21.5 Å². The van der Waals surface area contributed by atoms with Crippen molar-refractivity contribution in [1.82, 2.24) is 19.6 Å². The molecule has 2 aromatic rings. The van der Waals surface area contributed by atoms with Gasteiger partial charge in [0.25, 0.3) is 0 Å². The molecule has 0 aliphatic rings. The molecule has 0 aromatic carbocycles. The zero-order valence-corrected chi connectivity index (χ0v) is 10.1. The van der Waals surface area contributed by atoms with Gasteiger partial charge in [-0.25, -0.2) is 0 Å². The van der Waals surface area contributed by atoms with Crippen LogP contribution in [-0.2, 0) is 20.0 Å². The molecule has 0 saturated heterocycles. The van der Waals surface area contributed by atoms with Gasteiger partial charge in [0, 0.05) is 25.9 Å². The molecule has 7 heteroatoms. The minimum Gasteiger partial charge on any atom is -0.275 e. The molecule has 2 aromatic heterocycles. The van der Waals surface area contributed by atoms with Crippen LogP contribution in [0, 0.1) is 6.92 Å². The molecular weight excluding hydrogens is 245 g/mol. The lowest BCUT2D eigenvalue weighted by Gasteiger charge is -2.05. The summed E-state index contributed by atoms with van der Waals surface area (Å²) in [5.74, 6) is 0. The van der Waals surface area contributed by atoms with Crippen LogP contribution in [0.5, 0.6) is 0 Å². The Hall–Kier alpha value is -1.79. The van der Waals surface area contributed by atoms with E-state index in [-0.39, 0.29) is 0 Å². The third kappa shape index (κ3) is 3.12. The summed E-state index contributed by atoms with van der Waals surface area (Å²) < 4.78 is 39.1. The first-order valence-corrected chi connectivity index (χ1v) is 5.41. The minimum absolute atomic E-state index is 0.539. The number of hydrogen-bond acceptors (Lipinski definition) is 2. The van der Waals surface area contributed by atoms with Crippen LogP contribution >= 0.6 is 0 Å². The van der Waals surface area contributed by atoms with Gasteiger partial charge in [0.2, 0.25) is 0 Å². The van der Waals surface area contributed by atoms with Crippen molar-refractivity contribution in [2.24, 2.45) is 7.05 Å². The van der Waals surface area contributed by atoms with Crippen LogP contribution in [0.15, 0.2) is 18.6 Å². The maximum atomic E-state index is 12.2. The van der Waals surface area contributed by atoms with Gasteiger partial charge in [0.05, 0.1) is 11.9 Å². The molecule has 0 spiro atoms. The Labute approximate surface area is 102 Å². The second kappa shape index (κ2) is 4.47. The maximum Gasteiger partial charge on any atom is 0.408 e. The van der Waals surface area contributed by atoms with E-state index in [2.05, 4.69) is 10.2 Å². The van der Waals surface area contributed by atoms with E-state index in [1.807, 2.05) is 20.2 Å². The average molecular weight is 258 g/mol. The van der Waals surface area contributed by atoms with E-state index >= 15 is 0 Å². The van der Waals surface area contributed by atoms with Crippen molar-refractivity contribution < 1.29 is 13.2 Å². The van der Waals surface area contributed by atoms with Crippen LogP contribution in [0.25, 0.3) is 0 Å². The fourth-order valence-electron chi connectivity index (χ4n) is 1.81. The average Bonchev–Trinajstić information content (AvgIpc) is 2.73. The van der Waals surface area contributed by atoms with Crippen molar-refractivity contribution in [3.8, 4) is 0 Å². The zero-order chi connectivity index (χ0) is 13.3. The van der Waals surface area contributed by atoms with Crippen LogP contribution in [-0.4, -0.2) is 25.7 Å². The van der Waals surface area contributed by atoms with E-state index in [1.165, 1.54) is 12.4 Å². The highest BCUT2D eigenvalue weighted by Gasteiger charge is 2.28. The summed E-state index contributed by atoms with van der Waals surface area (Å²) in [7, 11) is 1.81. The van der Waals surface area contributed by atoms with Crippen LogP contribution < -0.4 is 0 Å². The number of rotatable bonds is 3. The van der Waals surface area contributed by atoms with Crippen molar-refractivity contribution >= 4 is 0 Å². The summed E-state index contributed by atoms with van der Waals surface area (Å²) >= 11 is 0. The van der Waals surface area contributed by atoms with Gasteiger partial charge in [-0.3, -0.25) is 9.36 Å². The Kier molecular flexibility index (Phi) is 3.14. The second-order valence-electron chi connectivity index (χ2n) is 4.25. The van der Waals surface area contributed by atoms with E-state index in [4.69, 9.17) is 0 Å². The molecule has 0 unspecified atom stereocenters. The molecule has 2 rings (SSSR count). The van der Waals surface area contributed by atoms with Gasteiger partial charge >= 0.3 is 6.18 Å². The summed E-state index contributed by atoms with van der Waals surface area (Å²) in [5, 5.41) is 7.89. The number of hydrogen-bond donors (Lipinski definition) is 0. The highest BCUT2D eigenvalue weighted by Crippen LogP contribution is 2.18. The van der Waals surface area contributed by atoms with Crippen molar-refractivity contribution in [3.63, 3.8) is 0 Å². The molecule has 98 valence electrons. The summed E-state index contributed by atoms with van der Waals surface area (Å²) in [6.45, 7) is 0.814. The Morgan fingerprint density at radius 2 is 2.00 bits per heavy atom. The Morgan fingerprint density at radius 1 is 1.28 bits per heavy atom. The molecule has 0 aliphatic carbocycles. The quantitative estimate of drug-likeness (QED) is 0.845. The summed E-state index contributed by atoms with van der Waals surface area (Å²) in [5.41, 5.74) is 2.61. The van der Waals surface area contributed by atoms with E-state index in [0.29, 0.717) is 6.42 Å². The lowest BCUT2D eigenvalue weighted by Crippen LogP contribution is -2.17. The zero-order valence-electron chi connectivity index (χ0n) is 10.1. The Balaban J connectivity index is 2.09. The van der Waals surface area contributed by atoms with Gasteiger partial charge < -0.3 is 0 Å². The van der Waals surface area contributed by atoms with Gasteiger partial charge in [0.1, 0.15) is 6.54 Å². The third-order valence-corrected chi connectivity index (χ3v) is 2.54. The van der Waals surface area contributed by atoms with Crippen molar-refractivity contribution in [2.45, 2.75) is 26.1 Å². The highest BCUT2D eigenvalue weighted by molar-refractivity contribution is 5.23. The summed E-state index contributed by atoms with van der Waals surface area (Å²) in [6.07, 6.45) is 1.03. The largest absolute Gasteiger partial charge is 0.408 e. The molecule has 0 atom stereocenters. The first-order chi connectivity index (χ1) is 8.33. The molecule has 0 saturated carbocycles. The third-order valence-electron chi connectivity index (χ3n) is 2.54. The second-order valence-corrected chi connectivity index (χ2v) is 4.25. The van der Waals surface area contributed by atoms with E-state index < -0.39 is 12.7 Å². The Morgan fingerprint density at radius 3 is 2.56 bits per heavy atom. The van der Waals surface area contributed by atoms with Crippen molar-refractivity contribution in [3.05, 3.63) is 35.4 Å². The molecule has 2 heterocycles. The first kappa shape index (κ1) is 12.7. The lowest BCUT2D eigenvalue weighted by molar-refractivity contribution is -0.142. The predicted molar refractivity (Wildman–Crippen MR) is 59.0 cm³/mol. The first-order valence-electron chi connectivity index (χ1n) is 5.41. The number of aryl methyl sites for hydroxylation is 2. The summed E-state index contributed by atoms with van der Waals surface area (Å²) in [6, 6.07) is 0. The van der Waals surface area contributed by atoms with Gasteiger partial charge in [-0.1, -0.05) is 0 Å². The number of nitrogens with zero attached hydrogens (tertiary/aromatic N) is 4. The standard InChI is InChI=1S/C11H13F3N4/c1-8-10(6-17(2)16-8)3-9-4-15-18(5-9)7-11(12,13)14/h4-6H,3,7H2,1-2H3. The molecule has 0 bridgehead atoms. The molecular formula is C11H13F3N4. The van der Waals surface area contributed by atoms with Crippen LogP contribution in [0.3, 0.4) is 0 Å². The van der Waals surface area contributed by atoms with Gasteiger partial charge in [0.15, 0.2) is 0 Å². The maximum absolute atomic E-state index is 12.2. The predicted octanol–water partition coefficient (Wildman–Crippen LogP) is 2.08. The van der Waals surface area contributed by atoms with Crippen LogP contribution in [0.2, 0.25) is 0 Å². The van der Waals surface area contributed by atoms with Gasteiger partial charge in [-0.05, 0) is 18.1 Å². The smallest absolute Gasteiger partial charge is 0.275 e. The fourth-order valence-corrected chi connectivity index (χ4v) is 1.81. The monoisotopic (exact) mass is 258 g/mol. The number of halogens is 3. The fraction of sp³-hybridized carbons (Fsp3) is 0.455. The molecule has 0 N–H and O–H groups in total. The molecule has 4 nitrogen and oxygen atoms in total. The minimum atomic E-state index is -4.24. The molecule has 0 aliphatic heterocycles. The summed E-state index contributed by atoms with van der Waals surface area (Å²) in [4.78, 5) is 0. The van der Waals surface area contributed by atoms with Crippen molar-refractivity contribution in [1.29, 1.82) is 0 Å². The van der Waals surface area contributed by atoms with E-state index in [1.54, 1.807) is 4.68 Å². The molecule has 0 radical (unpaired) electrons. The molecule has 0 amide bonds. The Bertz CT molecular complexity index is 539. The normalized spacial score (nSPS) is 12.1. The van der Waals surface area contributed by atoms with Gasteiger partial charge in [-0.15, -0.1) is 0 Å². The SMILES string of the molecule is Cc1nn(C)cc1Cc1cnn(CC(F)(F)F)c1. The number of aromatic nitrogens is 4. The topological polar surface area (TPSA) is 35.6 Å². The van der Waals surface area contributed by atoms with Crippen LogP contribution in [0.1, 0.15) is 16.8 Å². The van der Waals surface area contributed by atoms with Gasteiger partial charge in [-0.2, -0.15) is 23.4 Å². The molecule has 0 fully saturated rings. The number of alkyl halides is 3. The molecule has 18 heavy (non-hydrogen) atoms. The lowest BCUT2D eigenvalue weighted by atomic mass is 10.1. The highest BCUT2D eigenvalue weighted by atomic mass is 19.4. The van der Waals surface area contributed by atoms with Crippen molar-refractivity contribution in [2.75, 3.05) is 0 Å².